The van der Waals surface area contributed by atoms with Crippen molar-refractivity contribution < 1.29 is 14.0 Å². The molecule has 0 saturated carbocycles. The molecule has 17 heavy (non-hydrogen) atoms. The third-order valence-electron chi connectivity index (χ3n) is 2.46. The van der Waals surface area contributed by atoms with E-state index in [0.717, 1.165) is 0 Å². The minimum atomic E-state index is -0.394. The van der Waals surface area contributed by atoms with E-state index in [-0.39, 0.29) is 23.8 Å². The minimum Gasteiger partial charge on any atom is -0.349 e. The number of Topliss-reactive ketones (excluding diaryl/α,β-unsaturated/α-hetero) is 1. The number of halogens is 1. The first-order chi connectivity index (χ1) is 8.16. The third kappa shape index (κ3) is 2.75. The van der Waals surface area contributed by atoms with Gasteiger partial charge in [-0.3, -0.25) is 14.6 Å². The molecule has 1 heterocycles. The second kappa shape index (κ2) is 4.86. The average Bonchev–Trinajstić information content (AvgIpc) is 2.33. The molecular formula is C12H11FN2O2. The van der Waals surface area contributed by atoms with Crippen LogP contribution in [0, 0.1) is 5.82 Å². The van der Waals surface area contributed by atoms with Gasteiger partial charge in [-0.05, 0) is 24.3 Å². The van der Waals surface area contributed by atoms with Gasteiger partial charge >= 0.3 is 0 Å². The predicted octanol–water partition coefficient (Wildman–Crippen LogP) is 0.969. The highest BCUT2D eigenvalue weighted by Crippen LogP contribution is 2.07. The highest BCUT2D eigenvalue weighted by atomic mass is 19.1. The molecule has 1 N–H and O–H groups in total. The Labute approximate surface area is 97.5 Å². The predicted molar refractivity (Wildman–Crippen MR) is 60.7 cm³/mol. The quantitative estimate of drug-likeness (QED) is 0.792. The lowest BCUT2D eigenvalue weighted by atomic mass is 10.0. The number of ketones is 1. The summed E-state index contributed by atoms with van der Waals surface area (Å²) in [6.07, 6.45) is -0.0442. The fourth-order valence-corrected chi connectivity index (χ4v) is 1.56. The van der Waals surface area contributed by atoms with Crippen molar-refractivity contribution in [2.45, 2.75) is 6.42 Å². The third-order valence-corrected chi connectivity index (χ3v) is 2.46. The van der Waals surface area contributed by atoms with E-state index < -0.39 is 5.82 Å². The average molecular weight is 234 g/mol. The van der Waals surface area contributed by atoms with Crippen LogP contribution in [0.2, 0.25) is 0 Å². The van der Waals surface area contributed by atoms with Gasteiger partial charge in [-0.15, -0.1) is 0 Å². The van der Waals surface area contributed by atoms with Crippen molar-refractivity contribution >= 4 is 17.4 Å². The Morgan fingerprint density at radius 1 is 1.35 bits per heavy atom. The molecule has 88 valence electrons. The molecular weight excluding hydrogens is 223 g/mol. The van der Waals surface area contributed by atoms with Gasteiger partial charge in [-0.2, -0.15) is 0 Å². The molecule has 1 amide bonds. The summed E-state index contributed by atoms with van der Waals surface area (Å²) in [5.41, 5.74) is 0.623. The molecule has 0 saturated heterocycles. The summed E-state index contributed by atoms with van der Waals surface area (Å²) in [4.78, 5) is 27.2. The number of hydrogen-bond donors (Lipinski definition) is 1. The molecule has 1 aliphatic heterocycles. The first-order valence-electron chi connectivity index (χ1n) is 5.27. The van der Waals surface area contributed by atoms with Gasteiger partial charge in [0, 0.05) is 12.1 Å². The van der Waals surface area contributed by atoms with E-state index in [0.29, 0.717) is 18.7 Å². The largest absolute Gasteiger partial charge is 0.349 e. The van der Waals surface area contributed by atoms with Crippen molar-refractivity contribution in [1.29, 1.82) is 0 Å². The van der Waals surface area contributed by atoms with Crippen molar-refractivity contribution in [3.05, 3.63) is 35.6 Å². The van der Waals surface area contributed by atoms with Crippen LogP contribution in [0.5, 0.6) is 0 Å². The Hall–Kier alpha value is -2.04. The summed E-state index contributed by atoms with van der Waals surface area (Å²) in [5, 5.41) is 2.62. The highest BCUT2D eigenvalue weighted by molar-refractivity contribution is 6.43. The van der Waals surface area contributed by atoms with E-state index in [1.165, 1.54) is 24.3 Å². The van der Waals surface area contributed by atoms with Crippen molar-refractivity contribution in [3.8, 4) is 0 Å². The van der Waals surface area contributed by atoms with E-state index >= 15 is 0 Å². The maximum Gasteiger partial charge on any atom is 0.265 e. The lowest BCUT2D eigenvalue weighted by Crippen LogP contribution is -2.38. The fourth-order valence-electron chi connectivity index (χ4n) is 1.56. The van der Waals surface area contributed by atoms with E-state index in [9.17, 15) is 14.0 Å². The second-order valence-electron chi connectivity index (χ2n) is 3.69. The van der Waals surface area contributed by atoms with E-state index in [1.54, 1.807) is 0 Å². The van der Waals surface area contributed by atoms with Crippen LogP contribution in [0.25, 0.3) is 0 Å². The number of hydrogen-bond acceptors (Lipinski definition) is 3. The van der Waals surface area contributed by atoms with E-state index in [2.05, 4.69) is 10.3 Å². The first kappa shape index (κ1) is 11.4. The molecule has 2 rings (SSSR count). The smallest absolute Gasteiger partial charge is 0.265 e. The second-order valence-corrected chi connectivity index (χ2v) is 3.69. The van der Waals surface area contributed by atoms with Crippen LogP contribution < -0.4 is 5.32 Å². The zero-order valence-corrected chi connectivity index (χ0v) is 9.07. The number of amides is 1. The summed E-state index contributed by atoms with van der Waals surface area (Å²) in [7, 11) is 0. The number of carbonyl (C=O) groups excluding carboxylic acids is 2. The Morgan fingerprint density at radius 3 is 2.71 bits per heavy atom. The van der Waals surface area contributed by atoms with E-state index in [1.807, 2.05) is 0 Å². The van der Waals surface area contributed by atoms with Crippen molar-refractivity contribution in [3.63, 3.8) is 0 Å². The normalized spacial score (nSPS) is 15.1. The lowest BCUT2D eigenvalue weighted by Gasteiger charge is -2.11. The first-order valence-corrected chi connectivity index (χ1v) is 5.27. The number of nitrogens with one attached hydrogen (secondary N) is 1. The van der Waals surface area contributed by atoms with Crippen LogP contribution in [0.3, 0.4) is 0 Å². The summed E-state index contributed by atoms with van der Waals surface area (Å²) in [5.74, 6) is -0.929. The van der Waals surface area contributed by atoms with Gasteiger partial charge in [-0.25, -0.2) is 4.39 Å². The van der Waals surface area contributed by atoms with Gasteiger partial charge in [0.05, 0.1) is 13.0 Å². The van der Waals surface area contributed by atoms with Gasteiger partial charge in [0.15, 0.2) is 5.78 Å². The van der Waals surface area contributed by atoms with Crippen molar-refractivity contribution in [2.75, 3.05) is 13.1 Å². The molecule has 0 atom stereocenters. The van der Waals surface area contributed by atoms with Crippen molar-refractivity contribution in [2.24, 2.45) is 4.99 Å². The molecule has 0 spiro atoms. The highest BCUT2D eigenvalue weighted by Gasteiger charge is 2.18. The summed E-state index contributed by atoms with van der Waals surface area (Å²) in [6, 6.07) is 5.24. The lowest BCUT2D eigenvalue weighted by molar-refractivity contribution is -0.115. The van der Waals surface area contributed by atoms with Gasteiger partial charge in [0.1, 0.15) is 11.5 Å². The molecule has 0 aromatic heterocycles. The zero-order valence-electron chi connectivity index (χ0n) is 9.07. The number of carbonyl (C=O) groups is 2. The Balaban J connectivity index is 2.09. The van der Waals surface area contributed by atoms with Gasteiger partial charge in [-0.1, -0.05) is 0 Å². The Bertz CT molecular complexity index is 480. The SMILES string of the molecule is O=C1NCCN=C1CC(=O)c1ccc(F)cc1. The van der Waals surface area contributed by atoms with Crippen LogP contribution in [-0.4, -0.2) is 30.5 Å². The van der Waals surface area contributed by atoms with Crippen LogP contribution in [0.4, 0.5) is 4.39 Å². The molecule has 0 fully saturated rings. The molecule has 5 heteroatoms. The number of aliphatic imine (C=N–C) groups is 1. The summed E-state index contributed by atoms with van der Waals surface area (Å²) < 4.78 is 12.7. The maximum atomic E-state index is 12.7. The monoisotopic (exact) mass is 234 g/mol. The maximum absolute atomic E-state index is 12.7. The van der Waals surface area contributed by atoms with Gasteiger partial charge in [0.25, 0.3) is 5.91 Å². The number of rotatable bonds is 3. The molecule has 0 bridgehead atoms. The zero-order chi connectivity index (χ0) is 12.3. The number of nitrogens with zero attached hydrogens (tertiary/aromatic N) is 1. The molecule has 1 aromatic rings. The minimum absolute atomic E-state index is 0.0442. The van der Waals surface area contributed by atoms with E-state index in [4.69, 9.17) is 0 Å². The van der Waals surface area contributed by atoms with Crippen LogP contribution in [-0.2, 0) is 4.79 Å². The number of benzene rings is 1. The Morgan fingerprint density at radius 2 is 2.06 bits per heavy atom. The standard InChI is InChI=1S/C12H11FN2O2/c13-9-3-1-8(2-4-9)11(16)7-10-12(17)15-6-5-14-10/h1-4H,5-7H2,(H,15,17). The summed E-state index contributed by atoms with van der Waals surface area (Å²) in [6.45, 7) is 1.00. The van der Waals surface area contributed by atoms with Crippen molar-refractivity contribution in [1.82, 2.24) is 5.32 Å². The van der Waals surface area contributed by atoms with Crippen LogP contribution in [0.15, 0.2) is 29.3 Å². The fraction of sp³-hybridized carbons (Fsp3) is 0.250. The van der Waals surface area contributed by atoms with Gasteiger partial charge < -0.3 is 5.32 Å². The molecule has 0 radical (unpaired) electrons. The topological polar surface area (TPSA) is 58.5 Å². The Kier molecular flexibility index (Phi) is 3.27. The summed E-state index contributed by atoms with van der Waals surface area (Å²) >= 11 is 0. The van der Waals surface area contributed by atoms with Crippen LogP contribution >= 0.6 is 0 Å². The molecule has 1 aliphatic rings. The molecule has 1 aromatic carbocycles. The van der Waals surface area contributed by atoms with Crippen LogP contribution in [0.1, 0.15) is 16.8 Å². The molecule has 0 aliphatic carbocycles. The molecule has 4 nitrogen and oxygen atoms in total. The molecule has 0 unspecified atom stereocenters. The van der Waals surface area contributed by atoms with Gasteiger partial charge in [0.2, 0.25) is 0 Å².